The van der Waals surface area contributed by atoms with Crippen LogP contribution in [0, 0.1) is 42.9 Å². The molecule has 8 rings (SSSR count). The van der Waals surface area contributed by atoms with E-state index in [0.29, 0.717) is 5.92 Å². The Hall–Kier alpha value is -4.82. The van der Waals surface area contributed by atoms with Gasteiger partial charge >= 0.3 is 0 Å². The van der Waals surface area contributed by atoms with Crippen LogP contribution in [0.1, 0.15) is 123 Å². The minimum absolute atomic E-state index is 0.172. The topological polar surface area (TPSA) is 6.48 Å². The monoisotopic (exact) mass is 797 g/mol. The molecule has 2 nitrogen and oxygen atoms in total. The number of fused-ring (bicyclic) bond motifs is 2. The first-order chi connectivity index (χ1) is 29.1. The van der Waals surface area contributed by atoms with Crippen molar-refractivity contribution in [3.05, 3.63) is 171 Å². The lowest BCUT2D eigenvalue weighted by Gasteiger charge is -2.47. The van der Waals surface area contributed by atoms with Gasteiger partial charge in [-0.3, -0.25) is 0 Å². The molecule has 4 atom stereocenters. The van der Waals surface area contributed by atoms with Gasteiger partial charge in [0, 0.05) is 44.8 Å². The smallest absolute Gasteiger partial charge is 0.0579 e. The molecular formula is C58H72N2. The molecule has 4 aliphatic rings. The lowest BCUT2D eigenvalue weighted by Crippen LogP contribution is -2.46. The molecule has 0 aliphatic heterocycles. The van der Waals surface area contributed by atoms with Gasteiger partial charge < -0.3 is 9.80 Å². The molecule has 60 heavy (non-hydrogen) atoms. The van der Waals surface area contributed by atoms with Crippen LogP contribution in [-0.4, -0.2) is 0 Å². The number of allylic oxidation sites excluding steroid dienone is 7. The maximum atomic E-state index is 2.72. The Labute approximate surface area is 363 Å². The van der Waals surface area contributed by atoms with E-state index in [4.69, 9.17) is 0 Å². The van der Waals surface area contributed by atoms with Gasteiger partial charge in [-0.25, -0.2) is 0 Å². The Morgan fingerprint density at radius 3 is 1.85 bits per heavy atom. The minimum atomic E-state index is 0.172. The van der Waals surface area contributed by atoms with Gasteiger partial charge in [-0.1, -0.05) is 157 Å². The fourth-order valence-electron chi connectivity index (χ4n) is 10.9. The van der Waals surface area contributed by atoms with Crippen molar-refractivity contribution in [2.24, 2.45) is 29.1 Å². The largest absolute Gasteiger partial charge is 0.317 e. The van der Waals surface area contributed by atoms with E-state index in [1.165, 1.54) is 99.0 Å². The third-order valence-electron chi connectivity index (χ3n) is 14.2. The van der Waals surface area contributed by atoms with E-state index in [0.717, 1.165) is 37.5 Å². The maximum absolute atomic E-state index is 2.72. The normalized spacial score (nSPS) is 22.4. The predicted octanol–water partition coefficient (Wildman–Crippen LogP) is 14.8. The van der Waals surface area contributed by atoms with Gasteiger partial charge in [0.25, 0.3) is 0 Å². The summed E-state index contributed by atoms with van der Waals surface area (Å²) in [5.41, 5.74) is 16.5. The Morgan fingerprint density at radius 2 is 1.30 bits per heavy atom. The second-order valence-electron chi connectivity index (χ2n) is 18.4. The highest BCUT2D eigenvalue weighted by molar-refractivity contribution is 5.93. The third-order valence-corrected chi connectivity index (χ3v) is 14.2. The van der Waals surface area contributed by atoms with Crippen LogP contribution in [0.5, 0.6) is 0 Å². The molecule has 0 radical (unpaired) electrons. The van der Waals surface area contributed by atoms with E-state index < -0.39 is 0 Å². The number of aryl methyl sites for hydroxylation is 3. The van der Waals surface area contributed by atoms with Crippen molar-refractivity contribution in [3.8, 4) is 0 Å². The molecule has 0 saturated heterocycles. The van der Waals surface area contributed by atoms with Crippen molar-refractivity contribution >= 4 is 28.5 Å². The van der Waals surface area contributed by atoms with Crippen molar-refractivity contribution in [3.63, 3.8) is 0 Å². The summed E-state index contributed by atoms with van der Waals surface area (Å²) in [6.07, 6.45) is 20.8. The van der Waals surface area contributed by atoms with E-state index >= 15 is 0 Å². The zero-order valence-electron chi connectivity index (χ0n) is 38.6. The zero-order valence-corrected chi connectivity index (χ0v) is 38.6. The van der Waals surface area contributed by atoms with Crippen LogP contribution >= 0.6 is 0 Å². The standard InChI is InChI=1S/C56H66N2.C2H6/c1-9-42-20-29-48(30-21-42)58(47-27-18-40(7)19-28-47)55-51-15-13-12-14-50(51)54(57(46-25-16-39(6)17-26-46)49-31-22-44(23-32-49)38(4)5)52-33-24-45(35-53(52)55)56(11-3)36-41(8)34-43(10-2)37-56;1-2/h12-22,24-31,35,38,41,43,52H,9-11,23,32-34,36-37H2,1-8H3;1-2H3. The van der Waals surface area contributed by atoms with Crippen LogP contribution in [0.15, 0.2) is 144 Å². The number of benzene rings is 4. The van der Waals surface area contributed by atoms with Crippen molar-refractivity contribution in [1.82, 2.24) is 0 Å². The first-order valence-electron chi connectivity index (χ1n) is 23.6. The number of hydrogen-bond donors (Lipinski definition) is 0. The third kappa shape index (κ3) is 8.54. The summed E-state index contributed by atoms with van der Waals surface area (Å²) in [7, 11) is 0. The van der Waals surface area contributed by atoms with Gasteiger partial charge in [0.05, 0.1) is 5.70 Å². The SMILES string of the molecule is CC.CCc1ccc(N(C2=c3ccccc3=C(N(C3=CC=C(C(C)C)CC3)c3ccc(C)cc3)C3CC=C(C4(CC)CC(C)CC(CC)C4)C=C23)c2ccc(C)cc2)cc1. The molecule has 4 aromatic rings. The molecular weight excluding hydrogens is 725 g/mol. The summed E-state index contributed by atoms with van der Waals surface area (Å²) >= 11 is 0. The maximum Gasteiger partial charge on any atom is 0.0579 e. The minimum Gasteiger partial charge on any atom is -0.317 e. The first kappa shape index (κ1) is 43.3. The fourth-order valence-corrected chi connectivity index (χ4v) is 10.9. The Kier molecular flexibility index (Phi) is 13.6. The average molecular weight is 797 g/mol. The molecule has 0 N–H and O–H groups in total. The van der Waals surface area contributed by atoms with Gasteiger partial charge in [-0.05, 0) is 148 Å². The summed E-state index contributed by atoms with van der Waals surface area (Å²) in [4.78, 5) is 5.28. The molecule has 4 aromatic carbocycles. The average Bonchev–Trinajstić information content (AvgIpc) is 3.28. The van der Waals surface area contributed by atoms with Crippen LogP contribution < -0.4 is 20.2 Å². The van der Waals surface area contributed by atoms with Gasteiger partial charge in [0.1, 0.15) is 0 Å². The van der Waals surface area contributed by atoms with Crippen molar-refractivity contribution in [2.75, 3.05) is 9.80 Å². The molecule has 4 unspecified atom stereocenters. The van der Waals surface area contributed by atoms with Crippen molar-refractivity contribution < 1.29 is 0 Å². The van der Waals surface area contributed by atoms with Crippen LogP contribution in [0.4, 0.5) is 17.1 Å². The van der Waals surface area contributed by atoms with Crippen molar-refractivity contribution in [1.29, 1.82) is 0 Å². The molecule has 1 saturated carbocycles. The van der Waals surface area contributed by atoms with Crippen molar-refractivity contribution in [2.45, 2.75) is 127 Å². The summed E-state index contributed by atoms with van der Waals surface area (Å²) < 4.78 is 0. The van der Waals surface area contributed by atoms with E-state index in [1.54, 1.807) is 11.1 Å². The fraction of sp³-hybridized carbons (Fsp3) is 0.414. The lowest BCUT2D eigenvalue weighted by molar-refractivity contribution is 0.126. The van der Waals surface area contributed by atoms with Gasteiger partial charge in [-0.2, -0.15) is 0 Å². The molecule has 314 valence electrons. The van der Waals surface area contributed by atoms with Crippen LogP contribution in [0.25, 0.3) is 11.4 Å². The first-order valence-corrected chi connectivity index (χ1v) is 23.6. The highest BCUT2D eigenvalue weighted by atomic mass is 15.2. The van der Waals surface area contributed by atoms with E-state index in [2.05, 4.69) is 187 Å². The van der Waals surface area contributed by atoms with Crippen LogP contribution in [0.2, 0.25) is 0 Å². The molecule has 0 heterocycles. The van der Waals surface area contributed by atoms with E-state index in [1.807, 2.05) is 13.8 Å². The number of hydrogen-bond acceptors (Lipinski definition) is 2. The Morgan fingerprint density at radius 1 is 0.700 bits per heavy atom. The van der Waals surface area contributed by atoms with Gasteiger partial charge in [0.15, 0.2) is 0 Å². The van der Waals surface area contributed by atoms with E-state index in [-0.39, 0.29) is 11.3 Å². The second-order valence-corrected chi connectivity index (χ2v) is 18.4. The van der Waals surface area contributed by atoms with Crippen LogP contribution in [-0.2, 0) is 6.42 Å². The molecule has 4 aliphatic carbocycles. The molecule has 0 aromatic heterocycles. The highest BCUT2D eigenvalue weighted by Gasteiger charge is 2.43. The second kappa shape index (κ2) is 18.8. The summed E-state index contributed by atoms with van der Waals surface area (Å²) in [5, 5.41) is 2.64. The predicted molar refractivity (Wildman–Crippen MR) is 261 cm³/mol. The molecule has 1 fully saturated rings. The molecule has 2 heteroatoms. The number of anilines is 3. The quantitative estimate of drug-likeness (QED) is 0.149. The van der Waals surface area contributed by atoms with Crippen LogP contribution in [0.3, 0.4) is 0 Å². The van der Waals surface area contributed by atoms with Gasteiger partial charge in [0.2, 0.25) is 0 Å². The Balaban J connectivity index is 0.00000268. The molecule has 0 amide bonds. The number of rotatable bonds is 11. The summed E-state index contributed by atoms with van der Waals surface area (Å²) in [6.45, 7) is 22.7. The van der Waals surface area contributed by atoms with E-state index in [9.17, 15) is 0 Å². The summed E-state index contributed by atoms with van der Waals surface area (Å²) in [5.74, 6) is 2.24. The Bertz CT molecular complexity index is 2370. The lowest BCUT2D eigenvalue weighted by atomic mass is 9.59. The summed E-state index contributed by atoms with van der Waals surface area (Å²) in [6, 6.07) is 37.2. The molecule has 0 spiro atoms. The number of nitrogens with zero attached hydrogens (tertiary/aromatic N) is 2. The van der Waals surface area contributed by atoms with Gasteiger partial charge in [-0.15, -0.1) is 0 Å². The molecule has 0 bridgehead atoms. The highest BCUT2D eigenvalue weighted by Crippen LogP contribution is 2.54. The zero-order chi connectivity index (χ0) is 42.6.